The van der Waals surface area contributed by atoms with Crippen LogP contribution in [0.4, 0.5) is 11.4 Å². The molecule has 5 saturated heterocycles. The van der Waals surface area contributed by atoms with Gasteiger partial charge in [-0.15, -0.1) is 0 Å². The molecule has 0 amide bonds. The number of halogens is 2. The van der Waals surface area contributed by atoms with Crippen molar-refractivity contribution in [1.82, 2.24) is 0 Å². The molecule has 0 radical (unpaired) electrons. The van der Waals surface area contributed by atoms with Gasteiger partial charge in [-0.05, 0) is 71.3 Å². The van der Waals surface area contributed by atoms with Crippen LogP contribution in [0.25, 0.3) is 0 Å². The fraction of sp³-hybridized carbons (Fsp3) is 0.500. The highest BCUT2D eigenvalue weighted by Crippen LogP contribution is 2.70. The molecular weight excluding hydrogens is 896 g/mol. The number of piperidine rings is 2. The van der Waals surface area contributed by atoms with Crippen LogP contribution in [0.5, 0.6) is 23.0 Å². The number of quaternary nitrogens is 2. The third-order valence-corrected chi connectivity index (χ3v) is 19.6. The SMILES string of the molecule is COc1ccc(C[N+]23CCC4C5C6C(CC42)C(=CCOC6N2c4ccccc4C46CC[N+]7(Cc8ccc(OC)c(OC)c8)CC8=CCOC(C(C8CC47)C26)N5c2ccccc2)C3)cc1OC.[Cl-].[Cl-]. The molecule has 14 unspecified atom stereocenters. The van der Waals surface area contributed by atoms with Gasteiger partial charge in [0.2, 0.25) is 0 Å². The second kappa shape index (κ2) is 16.3. The number of benzene rings is 4. The maximum absolute atomic E-state index is 7.69. The lowest BCUT2D eigenvalue weighted by Gasteiger charge is -2.65. The Morgan fingerprint density at radius 1 is 0.632 bits per heavy atom. The fourth-order valence-corrected chi connectivity index (χ4v) is 17.5. The van der Waals surface area contributed by atoms with E-state index in [4.69, 9.17) is 28.4 Å². The predicted molar refractivity (Wildman–Crippen MR) is 253 cm³/mol. The van der Waals surface area contributed by atoms with E-state index in [-0.39, 0.29) is 66.6 Å². The number of nitrogens with zero attached hydrogens (tertiary/aromatic N) is 4. The number of anilines is 2. The van der Waals surface area contributed by atoms with Crippen LogP contribution in [-0.4, -0.2) is 113 Å². The van der Waals surface area contributed by atoms with Crippen molar-refractivity contribution in [3.8, 4) is 23.0 Å². The van der Waals surface area contributed by atoms with Crippen molar-refractivity contribution in [2.75, 3.05) is 77.6 Å². The van der Waals surface area contributed by atoms with Crippen LogP contribution in [0.2, 0.25) is 0 Å². The fourth-order valence-electron chi connectivity index (χ4n) is 17.5. The first-order valence-electron chi connectivity index (χ1n) is 24.9. The van der Waals surface area contributed by atoms with E-state index in [0.29, 0.717) is 43.1 Å². The van der Waals surface area contributed by atoms with Crippen LogP contribution in [0.15, 0.2) is 114 Å². The number of methoxy groups -OCH3 is 4. The number of para-hydroxylation sites is 2. The summed E-state index contributed by atoms with van der Waals surface area (Å²) >= 11 is 0. The molecule has 0 aromatic heterocycles. The first-order chi connectivity index (χ1) is 32.4. The molecule has 7 fully saturated rings. The number of fused-ring (bicyclic) bond motifs is 4. The number of hydrogen-bond donors (Lipinski definition) is 0. The zero-order valence-electron chi connectivity index (χ0n) is 39.6. The Balaban J connectivity index is 0.00000240. The van der Waals surface area contributed by atoms with Gasteiger partial charge in [0.15, 0.2) is 23.0 Å². The van der Waals surface area contributed by atoms with Crippen LogP contribution < -0.4 is 53.6 Å². The van der Waals surface area contributed by atoms with Crippen LogP contribution in [0.3, 0.4) is 0 Å². The molecule has 8 heterocycles. The van der Waals surface area contributed by atoms with Gasteiger partial charge in [-0.25, -0.2) is 0 Å². The third-order valence-electron chi connectivity index (χ3n) is 19.6. The minimum absolute atomic E-state index is 0. The highest BCUT2D eigenvalue weighted by molar-refractivity contribution is 5.68. The molecule has 4 aromatic rings. The van der Waals surface area contributed by atoms with E-state index in [0.717, 1.165) is 71.1 Å². The Morgan fingerprint density at radius 2 is 1.24 bits per heavy atom. The number of rotatable bonds is 9. The Labute approximate surface area is 413 Å². The molecule has 1 spiro atoms. The van der Waals surface area contributed by atoms with Gasteiger partial charge in [-0.1, -0.05) is 48.6 Å². The van der Waals surface area contributed by atoms with Gasteiger partial charge in [0.1, 0.15) is 44.7 Å². The summed E-state index contributed by atoms with van der Waals surface area (Å²) in [5.41, 5.74) is 10.2. The first kappa shape index (κ1) is 44.8. The van der Waals surface area contributed by atoms with Crippen molar-refractivity contribution in [2.45, 2.75) is 80.8 Å². The lowest BCUT2D eigenvalue weighted by molar-refractivity contribution is -0.955. The lowest BCUT2D eigenvalue weighted by atomic mass is 9.53. The highest BCUT2D eigenvalue weighted by Gasteiger charge is 2.77. The van der Waals surface area contributed by atoms with Crippen molar-refractivity contribution < 1.29 is 62.2 Å². The van der Waals surface area contributed by atoms with E-state index in [1.54, 1.807) is 45.1 Å². The summed E-state index contributed by atoms with van der Waals surface area (Å²) in [5, 5.41) is 0. The van der Waals surface area contributed by atoms with E-state index in [1.807, 2.05) is 0 Å². The topological polar surface area (TPSA) is 61.9 Å². The molecule has 14 atom stereocenters. The molecule has 8 aliphatic heterocycles. The molecule has 68 heavy (non-hydrogen) atoms. The third kappa shape index (κ3) is 5.91. The lowest BCUT2D eigenvalue weighted by Crippen LogP contribution is -3.00. The standard InChI is InChI=1S/C56H64N4O6.2ClH/c1-61-45-16-14-34(26-47(45)63-3)30-59-22-18-39-44(59)28-40-36(32-59)19-24-65-54-50(40)52(39)57(38-10-6-5-7-11-38)55-51-41-29-49-56(42-12-8-9-13-43(42)58(54)53(51)56)21-23-60(49,33-37(41)20-25-66-55)31-35-15-17-46(62-2)48(27-35)64-4;;/h5-17,19-20,26-27,39-41,44,49-55H,18,21-25,28-33H2,1-4H3;2*1H/q+2;;/p-2. The molecule has 10 nitrogen and oxygen atoms in total. The molecule has 0 N–H and O–H groups in total. The highest BCUT2D eigenvalue weighted by atomic mass is 35.5. The Morgan fingerprint density at radius 3 is 1.91 bits per heavy atom. The maximum Gasteiger partial charge on any atom is 0.161 e. The molecule has 2 aliphatic carbocycles. The van der Waals surface area contributed by atoms with Gasteiger partial charge in [-0.2, -0.15) is 0 Å². The van der Waals surface area contributed by atoms with Gasteiger partial charge >= 0.3 is 0 Å². The van der Waals surface area contributed by atoms with E-state index in [2.05, 4.69) is 113 Å². The Kier molecular flexibility index (Phi) is 10.7. The predicted octanol–water partition coefficient (Wildman–Crippen LogP) is 2.10. The van der Waals surface area contributed by atoms with E-state index >= 15 is 0 Å². The molecule has 12 heteroatoms. The minimum atomic E-state index is -0.0777. The second-order valence-corrected chi connectivity index (χ2v) is 21.7. The van der Waals surface area contributed by atoms with Crippen molar-refractivity contribution >= 4 is 11.4 Å². The largest absolute Gasteiger partial charge is 1.00 e. The van der Waals surface area contributed by atoms with Crippen LogP contribution in [0.1, 0.15) is 42.4 Å². The van der Waals surface area contributed by atoms with Gasteiger partial charge in [-0.3, -0.25) is 0 Å². The monoisotopic (exact) mass is 958 g/mol. The Hall–Kier alpha value is -4.42. The molecule has 14 rings (SSSR count). The van der Waals surface area contributed by atoms with Crippen molar-refractivity contribution in [2.24, 2.45) is 29.6 Å². The second-order valence-electron chi connectivity index (χ2n) is 21.7. The molecule has 358 valence electrons. The first-order valence-corrected chi connectivity index (χ1v) is 24.9. The van der Waals surface area contributed by atoms with Gasteiger partial charge < -0.3 is 72.0 Å². The van der Waals surface area contributed by atoms with E-state index < -0.39 is 0 Å². The summed E-state index contributed by atoms with van der Waals surface area (Å²) < 4.78 is 40.7. The summed E-state index contributed by atoms with van der Waals surface area (Å²) in [6, 6.07) is 36.0. The quantitative estimate of drug-likeness (QED) is 0.187. The molecule has 10 aliphatic rings. The maximum atomic E-state index is 7.69. The van der Waals surface area contributed by atoms with Gasteiger partial charge in [0, 0.05) is 83.8 Å². The summed E-state index contributed by atoms with van der Waals surface area (Å²) in [6.45, 7) is 7.74. The average Bonchev–Trinajstić information content (AvgIpc) is 3.89. The van der Waals surface area contributed by atoms with Gasteiger partial charge in [0.25, 0.3) is 0 Å². The molecule has 4 aromatic carbocycles. The van der Waals surface area contributed by atoms with Crippen LogP contribution >= 0.6 is 0 Å². The molecule has 2 saturated carbocycles. The normalized spacial score (nSPS) is 37.9. The van der Waals surface area contributed by atoms with E-state index in [1.165, 1.54) is 48.3 Å². The van der Waals surface area contributed by atoms with E-state index in [9.17, 15) is 0 Å². The Bertz CT molecular complexity index is 2690. The minimum Gasteiger partial charge on any atom is -1.00 e. The average molecular weight is 960 g/mol. The summed E-state index contributed by atoms with van der Waals surface area (Å²) in [4.78, 5) is 5.90. The summed E-state index contributed by atoms with van der Waals surface area (Å²) in [6.07, 6.45) is 9.70. The smallest absolute Gasteiger partial charge is 0.161 e. The zero-order chi connectivity index (χ0) is 44.1. The summed E-state index contributed by atoms with van der Waals surface area (Å²) in [7, 11) is 6.98. The molecule has 4 bridgehead atoms. The molecular formula is C56H64Cl2N4O6. The van der Waals surface area contributed by atoms with Crippen LogP contribution in [-0.2, 0) is 28.0 Å². The van der Waals surface area contributed by atoms with Crippen molar-refractivity contribution in [1.29, 1.82) is 0 Å². The van der Waals surface area contributed by atoms with Crippen molar-refractivity contribution in [3.05, 3.63) is 131 Å². The van der Waals surface area contributed by atoms with Gasteiger partial charge in [0.05, 0.1) is 72.2 Å². The zero-order valence-corrected chi connectivity index (χ0v) is 41.2. The number of hydrogen-bond acceptors (Lipinski definition) is 8. The summed E-state index contributed by atoms with van der Waals surface area (Å²) in [5.74, 6) is 5.08. The van der Waals surface area contributed by atoms with Crippen LogP contribution in [0, 0.1) is 29.6 Å². The van der Waals surface area contributed by atoms with Crippen molar-refractivity contribution in [3.63, 3.8) is 0 Å². The number of ether oxygens (including phenoxy) is 6.